The summed E-state index contributed by atoms with van der Waals surface area (Å²) in [7, 11) is 1.55. The van der Waals surface area contributed by atoms with Crippen molar-refractivity contribution in [3.63, 3.8) is 0 Å². The highest BCUT2D eigenvalue weighted by Crippen LogP contribution is 1.93. The third kappa shape index (κ3) is 6.90. The molecule has 0 saturated carbocycles. The zero-order valence-electron chi connectivity index (χ0n) is 7.71. The second-order valence-corrected chi connectivity index (χ2v) is 1.87. The van der Waals surface area contributed by atoms with Crippen molar-refractivity contribution in [2.75, 3.05) is 13.7 Å². The summed E-state index contributed by atoms with van der Waals surface area (Å²) in [5.74, 6) is -0.261. The number of methoxy groups -OCH3 is 1. The average molecular weight is 160 g/mol. The van der Waals surface area contributed by atoms with Crippen LogP contribution in [0, 0.1) is 0 Å². The summed E-state index contributed by atoms with van der Waals surface area (Å²) in [6.07, 6.45) is 4.24. The Labute approximate surface area is 68.4 Å². The van der Waals surface area contributed by atoms with E-state index in [1.165, 1.54) is 6.26 Å². The van der Waals surface area contributed by atoms with E-state index in [0.717, 1.165) is 0 Å². The van der Waals surface area contributed by atoms with E-state index in [0.29, 0.717) is 12.8 Å². The Kier molecular flexibility index (Phi) is 5.25. The molecule has 0 saturated heterocycles. The first kappa shape index (κ1) is 8.11. The van der Waals surface area contributed by atoms with Crippen LogP contribution >= 0.6 is 0 Å². The highest BCUT2D eigenvalue weighted by molar-refractivity contribution is 5.69. The standard InChI is InChI=1S/C8H14O3/c1-3-11-8(9)6-4-5-7-10-2/h5,7H,3-4,6H2,1-2H3/b7-5+/i1T. The van der Waals surface area contributed by atoms with Crippen LogP contribution in [0.2, 0.25) is 0 Å². The minimum Gasteiger partial charge on any atom is -0.505 e. The van der Waals surface area contributed by atoms with Gasteiger partial charge >= 0.3 is 5.97 Å². The number of carbonyl (C=O) groups is 1. The second-order valence-electron chi connectivity index (χ2n) is 1.87. The van der Waals surface area contributed by atoms with Gasteiger partial charge in [0, 0.05) is 7.79 Å². The van der Waals surface area contributed by atoms with E-state index in [9.17, 15) is 4.79 Å². The Morgan fingerprint density at radius 2 is 2.55 bits per heavy atom. The van der Waals surface area contributed by atoms with E-state index in [-0.39, 0.29) is 19.5 Å². The molecule has 0 atom stereocenters. The van der Waals surface area contributed by atoms with Gasteiger partial charge in [0.25, 0.3) is 0 Å². The maximum atomic E-state index is 10.8. The van der Waals surface area contributed by atoms with E-state index in [2.05, 4.69) is 9.47 Å². The minimum atomic E-state index is -0.261. The predicted molar refractivity (Wildman–Crippen MR) is 42.0 cm³/mol. The number of allylic oxidation sites excluding steroid dienone is 1. The highest BCUT2D eigenvalue weighted by atomic mass is 16.5. The van der Waals surface area contributed by atoms with Crippen molar-refractivity contribution in [2.24, 2.45) is 0 Å². The topological polar surface area (TPSA) is 35.5 Å². The molecule has 0 aliphatic carbocycles. The number of hydrogen-bond donors (Lipinski definition) is 0. The van der Waals surface area contributed by atoms with E-state index in [4.69, 9.17) is 1.37 Å². The molecular formula is C8H14O3. The number of rotatable bonds is 5. The van der Waals surface area contributed by atoms with Gasteiger partial charge in [0.05, 0.1) is 20.0 Å². The van der Waals surface area contributed by atoms with Crippen LogP contribution in [-0.4, -0.2) is 19.7 Å². The zero-order valence-corrected chi connectivity index (χ0v) is 6.71. The molecule has 3 heteroatoms. The third-order valence-corrected chi connectivity index (χ3v) is 1.01. The first-order valence-electron chi connectivity index (χ1n) is 4.14. The SMILES string of the molecule is [3H]CCOC(=O)CC/C=C/OC. The summed E-state index contributed by atoms with van der Waals surface area (Å²) in [6.45, 7) is 0.312. The van der Waals surface area contributed by atoms with Crippen LogP contribution in [0.25, 0.3) is 0 Å². The number of carbonyl (C=O) groups excluding carboxylic acids is 1. The van der Waals surface area contributed by atoms with Gasteiger partial charge in [-0.2, -0.15) is 0 Å². The lowest BCUT2D eigenvalue weighted by Crippen LogP contribution is -2.02. The molecule has 0 unspecified atom stereocenters. The Hall–Kier alpha value is -0.990. The molecule has 0 aromatic carbocycles. The van der Waals surface area contributed by atoms with Crippen LogP contribution < -0.4 is 0 Å². The summed E-state index contributed by atoms with van der Waals surface area (Å²) < 4.78 is 16.0. The van der Waals surface area contributed by atoms with E-state index < -0.39 is 0 Å². The molecule has 0 spiro atoms. The lowest BCUT2D eigenvalue weighted by atomic mass is 10.3. The molecule has 3 nitrogen and oxygen atoms in total. The number of esters is 1. The molecule has 0 aliphatic rings. The van der Waals surface area contributed by atoms with E-state index in [1.54, 1.807) is 13.2 Å². The van der Waals surface area contributed by atoms with Gasteiger partial charge in [-0.3, -0.25) is 4.79 Å². The van der Waals surface area contributed by atoms with Gasteiger partial charge in [-0.25, -0.2) is 0 Å². The molecule has 0 aliphatic heterocycles. The Morgan fingerprint density at radius 3 is 3.18 bits per heavy atom. The largest absolute Gasteiger partial charge is 0.505 e. The Balaban J connectivity index is 3.25. The maximum Gasteiger partial charge on any atom is 0.306 e. The van der Waals surface area contributed by atoms with Gasteiger partial charge in [-0.1, -0.05) is 0 Å². The van der Waals surface area contributed by atoms with Gasteiger partial charge in [0.15, 0.2) is 0 Å². The molecule has 0 N–H and O–H groups in total. The summed E-state index contributed by atoms with van der Waals surface area (Å²) in [6, 6.07) is 0. The van der Waals surface area contributed by atoms with Crippen LogP contribution in [0.15, 0.2) is 12.3 Å². The molecule has 64 valence electrons. The lowest BCUT2D eigenvalue weighted by molar-refractivity contribution is -0.143. The van der Waals surface area contributed by atoms with Crippen molar-refractivity contribution in [1.82, 2.24) is 0 Å². The summed E-state index contributed by atoms with van der Waals surface area (Å²) in [5.41, 5.74) is 0. The number of ether oxygens (including phenoxy) is 2. The first-order valence-corrected chi connectivity index (χ1v) is 3.44. The van der Waals surface area contributed by atoms with Gasteiger partial charge < -0.3 is 9.47 Å². The summed E-state index contributed by atoms with van der Waals surface area (Å²) in [5, 5.41) is 0. The van der Waals surface area contributed by atoms with Crippen LogP contribution in [0.1, 0.15) is 21.1 Å². The van der Waals surface area contributed by atoms with Gasteiger partial charge in [-0.15, -0.1) is 0 Å². The van der Waals surface area contributed by atoms with Crippen molar-refractivity contribution in [3.05, 3.63) is 12.3 Å². The second kappa shape index (κ2) is 7.12. The van der Waals surface area contributed by atoms with Crippen molar-refractivity contribution in [2.45, 2.75) is 19.7 Å². The van der Waals surface area contributed by atoms with Crippen molar-refractivity contribution >= 4 is 5.97 Å². The van der Waals surface area contributed by atoms with E-state index >= 15 is 0 Å². The molecule has 0 amide bonds. The molecule has 0 bridgehead atoms. The summed E-state index contributed by atoms with van der Waals surface area (Å²) >= 11 is 0. The van der Waals surface area contributed by atoms with Crippen molar-refractivity contribution < 1.29 is 15.6 Å². The van der Waals surface area contributed by atoms with Crippen LogP contribution in [0.4, 0.5) is 0 Å². The molecule has 11 heavy (non-hydrogen) atoms. The van der Waals surface area contributed by atoms with Gasteiger partial charge in [0.1, 0.15) is 0 Å². The Morgan fingerprint density at radius 1 is 1.73 bits per heavy atom. The molecule has 0 heterocycles. The minimum absolute atomic E-state index is 0.125. The fourth-order valence-electron chi connectivity index (χ4n) is 0.551. The van der Waals surface area contributed by atoms with Crippen LogP contribution in [0.3, 0.4) is 0 Å². The molecule has 0 radical (unpaired) electrons. The molecule has 0 aromatic rings. The van der Waals surface area contributed by atoms with E-state index in [1.807, 2.05) is 0 Å². The van der Waals surface area contributed by atoms with Crippen molar-refractivity contribution in [1.29, 1.82) is 0 Å². The number of hydrogen-bond acceptors (Lipinski definition) is 3. The van der Waals surface area contributed by atoms with Gasteiger partial charge in [-0.05, 0) is 19.4 Å². The molecule has 0 fully saturated rings. The normalized spacial score (nSPS) is 11.2. The third-order valence-electron chi connectivity index (χ3n) is 1.01. The van der Waals surface area contributed by atoms with Crippen LogP contribution in [-0.2, 0) is 14.3 Å². The average Bonchev–Trinajstić information content (AvgIpc) is 2.09. The predicted octanol–water partition coefficient (Wildman–Crippen LogP) is 1.49. The molecule has 0 aromatic heterocycles. The lowest BCUT2D eigenvalue weighted by Gasteiger charge is -1.97. The molecular weight excluding hydrogens is 144 g/mol. The van der Waals surface area contributed by atoms with Gasteiger partial charge in [0.2, 0.25) is 0 Å². The quantitative estimate of drug-likeness (QED) is 0.451. The Bertz CT molecular complexity index is 145. The fourth-order valence-corrected chi connectivity index (χ4v) is 0.551. The fraction of sp³-hybridized carbons (Fsp3) is 0.625. The van der Waals surface area contributed by atoms with Crippen LogP contribution in [0.5, 0.6) is 0 Å². The smallest absolute Gasteiger partial charge is 0.306 e. The molecule has 0 rings (SSSR count). The maximum absolute atomic E-state index is 10.8. The zero-order chi connectivity index (χ0) is 9.23. The first-order chi connectivity index (χ1) is 5.81. The van der Waals surface area contributed by atoms with Crippen molar-refractivity contribution in [3.8, 4) is 0 Å². The highest BCUT2D eigenvalue weighted by Gasteiger charge is 1.97. The monoisotopic (exact) mass is 160 g/mol. The summed E-state index contributed by atoms with van der Waals surface area (Å²) in [4.78, 5) is 10.8.